The lowest BCUT2D eigenvalue weighted by atomic mass is 9.72. The Bertz CT molecular complexity index is 469. The molecule has 1 aromatic carbocycles. The molecular formula is C16H19IO2. The number of ketones is 1. The quantitative estimate of drug-likeness (QED) is 0.381. The molecule has 1 aromatic rings. The minimum atomic E-state index is -0.994. The molecule has 2 rings (SSSR count). The Balaban J connectivity index is 2.35. The standard InChI is InChI=1S/C16H19IO2/c1-2-10-16(19)11-6-9-13(17)14(16)15(18)12-7-4-3-5-8-12/h2-5,7-8,10,13-14,19H,6,9,11H2,1H3/b10-2+/t13-,14-,16?/m0/s1. The Morgan fingerprint density at radius 3 is 2.74 bits per heavy atom. The number of alkyl halides is 1. The molecule has 1 fully saturated rings. The Kier molecular flexibility index (Phi) is 4.79. The fraction of sp³-hybridized carbons (Fsp3) is 0.438. The summed E-state index contributed by atoms with van der Waals surface area (Å²) in [6, 6.07) is 9.30. The summed E-state index contributed by atoms with van der Waals surface area (Å²) in [7, 11) is 0. The highest BCUT2D eigenvalue weighted by Gasteiger charge is 2.45. The topological polar surface area (TPSA) is 37.3 Å². The molecule has 0 radical (unpaired) electrons. The van der Waals surface area contributed by atoms with E-state index in [4.69, 9.17) is 0 Å². The highest BCUT2D eigenvalue weighted by Crippen LogP contribution is 2.41. The third-order valence-corrected chi connectivity index (χ3v) is 5.10. The molecule has 1 N–H and O–H groups in total. The van der Waals surface area contributed by atoms with Crippen molar-refractivity contribution in [2.24, 2.45) is 5.92 Å². The van der Waals surface area contributed by atoms with Crippen LogP contribution in [-0.2, 0) is 0 Å². The molecule has 1 aliphatic carbocycles. The van der Waals surface area contributed by atoms with Gasteiger partial charge in [-0.2, -0.15) is 0 Å². The van der Waals surface area contributed by atoms with E-state index in [1.54, 1.807) is 6.08 Å². The first kappa shape index (κ1) is 14.7. The maximum Gasteiger partial charge on any atom is 0.170 e. The van der Waals surface area contributed by atoms with Gasteiger partial charge in [-0.05, 0) is 26.2 Å². The Morgan fingerprint density at radius 1 is 1.42 bits per heavy atom. The molecule has 0 amide bonds. The van der Waals surface area contributed by atoms with Gasteiger partial charge in [-0.1, -0.05) is 65.1 Å². The van der Waals surface area contributed by atoms with E-state index in [1.807, 2.05) is 43.3 Å². The second-order valence-electron chi connectivity index (χ2n) is 5.11. The molecule has 0 spiro atoms. The monoisotopic (exact) mass is 370 g/mol. The number of hydrogen-bond donors (Lipinski definition) is 1. The molecule has 0 saturated heterocycles. The number of carbonyl (C=O) groups is 1. The van der Waals surface area contributed by atoms with E-state index >= 15 is 0 Å². The number of carbonyl (C=O) groups excluding carboxylic acids is 1. The molecule has 19 heavy (non-hydrogen) atoms. The smallest absolute Gasteiger partial charge is 0.170 e. The lowest BCUT2D eigenvalue weighted by Crippen LogP contribution is -2.48. The predicted octanol–water partition coefficient (Wildman–Crippen LogP) is 3.78. The van der Waals surface area contributed by atoms with Crippen molar-refractivity contribution in [3.63, 3.8) is 0 Å². The first-order valence-electron chi connectivity index (χ1n) is 6.68. The van der Waals surface area contributed by atoms with Crippen LogP contribution in [0, 0.1) is 5.92 Å². The third-order valence-electron chi connectivity index (χ3n) is 3.75. The van der Waals surface area contributed by atoms with Crippen molar-refractivity contribution >= 4 is 28.4 Å². The van der Waals surface area contributed by atoms with Crippen molar-refractivity contribution < 1.29 is 9.90 Å². The number of hydrogen-bond acceptors (Lipinski definition) is 2. The van der Waals surface area contributed by atoms with E-state index in [0.29, 0.717) is 12.0 Å². The van der Waals surface area contributed by atoms with Crippen LogP contribution in [0.4, 0.5) is 0 Å². The molecule has 1 saturated carbocycles. The van der Waals surface area contributed by atoms with Gasteiger partial charge in [-0.3, -0.25) is 4.79 Å². The van der Waals surface area contributed by atoms with Crippen molar-refractivity contribution in [1.82, 2.24) is 0 Å². The van der Waals surface area contributed by atoms with Crippen LogP contribution in [0.25, 0.3) is 0 Å². The Hall–Kier alpha value is -0.680. The number of benzene rings is 1. The van der Waals surface area contributed by atoms with Crippen molar-refractivity contribution in [3.05, 3.63) is 48.0 Å². The fourth-order valence-corrected chi connectivity index (χ4v) is 4.25. The molecule has 0 heterocycles. The minimum Gasteiger partial charge on any atom is -0.385 e. The van der Waals surface area contributed by atoms with Gasteiger partial charge in [0.2, 0.25) is 0 Å². The predicted molar refractivity (Wildman–Crippen MR) is 85.7 cm³/mol. The van der Waals surface area contributed by atoms with E-state index in [1.165, 1.54) is 0 Å². The molecule has 1 aliphatic rings. The van der Waals surface area contributed by atoms with Gasteiger partial charge in [0, 0.05) is 9.49 Å². The lowest BCUT2D eigenvalue weighted by Gasteiger charge is -2.40. The first-order chi connectivity index (χ1) is 9.08. The summed E-state index contributed by atoms with van der Waals surface area (Å²) in [5.74, 6) is -0.291. The molecule has 3 heteroatoms. The summed E-state index contributed by atoms with van der Waals surface area (Å²) in [6.07, 6.45) is 6.26. The molecule has 0 aromatic heterocycles. The SMILES string of the molecule is C/C=C/C1(O)CCC[C@H](I)[C@H]1C(=O)c1ccccc1. The van der Waals surface area contributed by atoms with Gasteiger partial charge in [0.15, 0.2) is 5.78 Å². The first-order valence-corrected chi connectivity index (χ1v) is 7.92. The summed E-state index contributed by atoms with van der Waals surface area (Å²) in [4.78, 5) is 12.7. The van der Waals surface area contributed by atoms with Crippen LogP contribution in [0.2, 0.25) is 0 Å². The molecule has 0 bridgehead atoms. The molecule has 0 aliphatic heterocycles. The molecule has 102 valence electrons. The van der Waals surface area contributed by atoms with Crippen LogP contribution >= 0.6 is 22.6 Å². The van der Waals surface area contributed by atoms with E-state index < -0.39 is 5.60 Å². The summed E-state index contributed by atoms with van der Waals surface area (Å²) in [6.45, 7) is 1.89. The second-order valence-corrected chi connectivity index (χ2v) is 6.71. The minimum absolute atomic E-state index is 0.0558. The Morgan fingerprint density at radius 2 is 2.11 bits per heavy atom. The number of aliphatic hydroxyl groups is 1. The maximum absolute atomic E-state index is 12.7. The van der Waals surface area contributed by atoms with E-state index in [2.05, 4.69) is 22.6 Å². The third kappa shape index (κ3) is 3.08. The lowest BCUT2D eigenvalue weighted by molar-refractivity contribution is 0.00675. The van der Waals surface area contributed by atoms with Crippen molar-refractivity contribution in [2.45, 2.75) is 35.7 Å². The molecule has 2 nitrogen and oxygen atoms in total. The van der Waals surface area contributed by atoms with E-state index in [0.717, 1.165) is 12.8 Å². The van der Waals surface area contributed by atoms with Crippen molar-refractivity contribution in [1.29, 1.82) is 0 Å². The highest BCUT2D eigenvalue weighted by atomic mass is 127. The van der Waals surface area contributed by atoms with Crippen molar-refractivity contribution in [2.75, 3.05) is 0 Å². The fourth-order valence-electron chi connectivity index (χ4n) is 2.86. The second kappa shape index (κ2) is 6.18. The Labute approximate surface area is 128 Å². The largest absolute Gasteiger partial charge is 0.385 e. The van der Waals surface area contributed by atoms with E-state index in [9.17, 15) is 9.90 Å². The molecule has 1 unspecified atom stereocenters. The van der Waals surface area contributed by atoms with Crippen LogP contribution in [0.1, 0.15) is 36.5 Å². The average molecular weight is 370 g/mol. The van der Waals surface area contributed by atoms with Gasteiger partial charge in [-0.25, -0.2) is 0 Å². The van der Waals surface area contributed by atoms with Gasteiger partial charge in [0.25, 0.3) is 0 Å². The summed E-state index contributed by atoms with van der Waals surface area (Å²) < 4.78 is 0.181. The van der Waals surface area contributed by atoms with Gasteiger partial charge in [0.1, 0.15) is 0 Å². The zero-order valence-corrected chi connectivity index (χ0v) is 13.2. The van der Waals surface area contributed by atoms with Crippen LogP contribution in [0.3, 0.4) is 0 Å². The highest BCUT2D eigenvalue weighted by molar-refractivity contribution is 14.1. The zero-order chi connectivity index (χ0) is 13.9. The summed E-state index contributed by atoms with van der Waals surface area (Å²) in [5.41, 5.74) is -0.301. The van der Waals surface area contributed by atoms with Crippen LogP contribution in [0.5, 0.6) is 0 Å². The maximum atomic E-state index is 12.7. The molecule has 3 atom stereocenters. The average Bonchev–Trinajstić information content (AvgIpc) is 2.39. The summed E-state index contributed by atoms with van der Waals surface area (Å²) in [5, 5.41) is 10.8. The number of Topliss-reactive ketones (excluding diaryl/α,β-unsaturated/α-hetero) is 1. The van der Waals surface area contributed by atoms with Gasteiger partial charge >= 0.3 is 0 Å². The van der Waals surface area contributed by atoms with Crippen molar-refractivity contribution in [3.8, 4) is 0 Å². The van der Waals surface area contributed by atoms with Crippen LogP contribution in [-0.4, -0.2) is 20.4 Å². The normalized spacial score (nSPS) is 31.5. The van der Waals surface area contributed by atoms with Crippen LogP contribution in [0.15, 0.2) is 42.5 Å². The van der Waals surface area contributed by atoms with Gasteiger partial charge < -0.3 is 5.11 Å². The van der Waals surface area contributed by atoms with Gasteiger partial charge in [-0.15, -0.1) is 0 Å². The zero-order valence-electron chi connectivity index (χ0n) is 11.1. The summed E-state index contributed by atoms with van der Waals surface area (Å²) >= 11 is 2.31. The number of rotatable bonds is 3. The number of allylic oxidation sites excluding steroid dienone is 1. The molecular weight excluding hydrogens is 351 g/mol. The number of halogens is 1. The van der Waals surface area contributed by atoms with E-state index in [-0.39, 0.29) is 15.6 Å². The van der Waals surface area contributed by atoms with Crippen LogP contribution < -0.4 is 0 Å². The van der Waals surface area contributed by atoms with Gasteiger partial charge in [0.05, 0.1) is 11.5 Å².